The Kier molecular flexibility index (Phi) is 12.9. The van der Waals surface area contributed by atoms with Crippen LogP contribution in [0.1, 0.15) is 92.4 Å². The molecule has 26 atom stereocenters. The molecule has 10 N–H and O–H groups in total. The molecule has 9 aliphatic rings. The standard InChI is InChI=1S/C45H73NO16/c1-19-8-13-45(46-16-19)20(2)30-27(62-45)15-26-24-7-6-22-14-23(9-11-43(22,4)25(24)10-12-44(26,30)5)57-42-39(61-40-36(54)34(52)31(49)21(3)56-40)38(33(51)29(18-48)59-42)60-41-37(55)35(53)32(50)28(17-47)58-41/h6,19-21,23-42,46-55H,7-18H2,1-5H3/t19-,20+,21+,23+,24-,25+,26+,27+,28-,29-,30+,31+,32-,33+,34-,35+,36-,37-,38+,39-,40+,41+,42-,43+,44+,45-/m1/s1. The molecule has 4 aliphatic carbocycles. The van der Waals surface area contributed by atoms with E-state index in [0.717, 1.165) is 38.6 Å². The second-order valence-corrected chi connectivity index (χ2v) is 21.2. The van der Waals surface area contributed by atoms with Crippen molar-refractivity contribution in [3.05, 3.63) is 11.6 Å². The number of ether oxygens (including phenoxy) is 7. The molecule has 62 heavy (non-hydrogen) atoms. The molecule has 5 heterocycles. The van der Waals surface area contributed by atoms with E-state index in [9.17, 15) is 46.0 Å². The van der Waals surface area contributed by atoms with Gasteiger partial charge in [0.25, 0.3) is 0 Å². The molecular formula is C45H73NO16. The highest BCUT2D eigenvalue weighted by atomic mass is 16.8. The summed E-state index contributed by atoms with van der Waals surface area (Å²) >= 11 is 0. The molecule has 1 spiro atoms. The summed E-state index contributed by atoms with van der Waals surface area (Å²) in [6.45, 7) is 10.8. The van der Waals surface area contributed by atoms with Gasteiger partial charge in [0.05, 0.1) is 31.5 Å². The van der Waals surface area contributed by atoms with Crippen molar-refractivity contribution in [2.24, 2.45) is 46.3 Å². The van der Waals surface area contributed by atoms with Crippen molar-refractivity contribution in [1.82, 2.24) is 5.32 Å². The number of nitrogens with one attached hydrogen (secondary N) is 1. The predicted molar refractivity (Wildman–Crippen MR) is 216 cm³/mol. The summed E-state index contributed by atoms with van der Waals surface area (Å²) < 4.78 is 43.9. The van der Waals surface area contributed by atoms with Gasteiger partial charge in [0.1, 0.15) is 72.9 Å². The van der Waals surface area contributed by atoms with Crippen molar-refractivity contribution >= 4 is 0 Å². The van der Waals surface area contributed by atoms with Gasteiger partial charge in [-0.3, -0.25) is 5.32 Å². The van der Waals surface area contributed by atoms with Crippen molar-refractivity contribution in [2.75, 3.05) is 19.8 Å². The van der Waals surface area contributed by atoms with Crippen LogP contribution in [0.5, 0.6) is 0 Å². The van der Waals surface area contributed by atoms with Crippen molar-refractivity contribution in [3.8, 4) is 0 Å². The minimum absolute atomic E-state index is 0.0361. The molecular weight excluding hydrogens is 810 g/mol. The van der Waals surface area contributed by atoms with Crippen molar-refractivity contribution in [1.29, 1.82) is 0 Å². The van der Waals surface area contributed by atoms with Crippen LogP contribution in [0.4, 0.5) is 0 Å². The minimum Gasteiger partial charge on any atom is -0.394 e. The molecule has 0 amide bonds. The molecule has 354 valence electrons. The summed E-state index contributed by atoms with van der Waals surface area (Å²) in [5.74, 6) is 3.32. The zero-order valence-electron chi connectivity index (χ0n) is 36.7. The molecule has 0 aromatic carbocycles. The number of piperidine rings is 1. The van der Waals surface area contributed by atoms with Crippen LogP contribution >= 0.6 is 0 Å². The molecule has 8 fully saturated rings. The quantitative estimate of drug-likeness (QED) is 0.142. The van der Waals surface area contributed by atoms with E-state index in [1.54, 1.807) is 0 Å². The minimum atomic E-state index is -1.84. The highest BCUT2D eigenvalue weighted by Crippen LogP contribution is 2.70. The third-order valence-electron chi connectivity index (χ3n) is 17.9. The lowest BCUT2D eigenvalue weighted by Gasteiger charge is -2.59. The van der Waals surface area contributed by atoms with Crippen molar-refractivity contribution < 1.29 is 79.1 Å². The lowest BCUT2D eigenvalue weighted by Crippen LogP contribution is -2.67. The van der Waals surface area contributed by atoms with Crippen LogP contribution in [-0.2, 0) is 33.2 Å². The zero-order valence-corrected chi connectivity index (χ0v) is 36.7. The van der Waals surface area contributed by atoms with Crippen molar-refractivity contribution in [3.63, 3.8) is 0 Å². The number of hydrogen-bond donors (Lipinski definition) is 10. The Labute approximate surface area is 364 Å². The molecule has 0 bridgehead atoms. The molecule has 17 nitrogen and oxygen atoms in total. The maximum absolute atomic E-state index is 11.6. The van der Waals surface area contributed by atoms with E-state index in [0.29, 0.717) is 48.3 Å². The fourth-order valence-electron chi connectivity index (χ4n) is 14.2. The first-order valence-electron chi connectivity index (χ1n) is 23.5. The van der Waals surface area contributed by atoms with Crippen LogP contribution in [-0.4, -0.2) is 176 Å². The lowest BCUT2D eigenvalue weighted by atomic mass is 9.47. The van der Waals surface area contributed by atoms with Gasteiger partial charge in [0, 0.05) is 12.5 Å². The number of allylic oxidation sites excluding steroid dienone is 1. The molecule has 9 rings (SSSR count). The van der Waals surface area contributed by atoms with Crippen LogP contribution in [0.15, 0.2) is 11.6 Å². The second-order valence-electron chi connectivity index (χ2n) is 21.2. The second kappa shape index (κ2) is 17.3. The van der Waals surface area contributed by atoms with Gasteiger partial charge in [-0.25, -0.2) is 0 Å². The normalized spacial score (nSPS) is 57.6. The van der Waals surface area contributed by atoms with E-state index in [1.165, 1.54) is 25.3 Å². The van der Waals surface area contributed by atoms with Crippen LogP contribution < -0.4 is 5.32 Å². The van der Waals surface area contributed by atoms with Crippen LogP contribution in [0.3, 0.4) is 0 Å². The number of fused-ring (bicyclic) bond motifs is 7. The van der Waals surface area contributed by atoms with E-state index in [-0.39, 0.29) is 22.7 Å². The third-order valence-corrected chi connectivity index (χ3v) is 17.9. The topological polar surface area (TPSA) is 259 Å². The molecule has 17 heteroatoms. The van der Waals surface area contributed by atoms with Gasteiger partial charge < -0.3 is 79.1 Å². The van der Waals surface area contributed by atoms with Gasteiger partial charge in [-0.2, -0.15) is 0 Å². The van der Waals surface area contributed by atoms with Gasteiger partial charge >= 0.3 is 0 Å². The highest BCUT2D eigenvalue weighted by Gasteiger charge is 2.68. The average molecular weight is 884 g/mol. The Balaban J connectivity index is 0.940. The van der Waals surface area contributed by atoms with E-state index in [1.807, 2.05) is 0 Å². The molecule has 0 radical (unpaired) electrons. The summed E-state index contributed by atoms with van der Waals surface area (Å²) in [4.78, 5) is 0. The molecule has 0 aromatic heterocycles. The van der Waals surface area contributed by atoms with Gasteiger partial charge in [-0.05, 0) is 105 Å². The first kappa shape index (κ1) is 46.2. The molecule has 0 unspecified atom stereocenters. The Bertz CT molecular complexity index is 1610. The molecule has 3 saturated carbocycles. The van der Waals surface area contributed by atoms with Gasteiger partial charge in [-0.1, -0.05) is 39.3 Å². The summed E-state index contributed by atoms with van der Waals surface area (Å²) in [5, 5.41) is 99.7. The van der Waals surface area contributed by atoms with E-state index >= 15 is 0 Å². The third kappa shape index (κ3) is 7.49. The SMILES string of the molecule is C[C@@H]1CC[C@@]2(NC1)O[C@H]1C[C@H]3[C@@H]4CC=C5C[C@@H](O[C@@H]6O[C@H](CO)[C@H](O)[C@H](O[C@@H]7O[C@H](CO)[C@@H](O)[C@H](O)[C@H]7O)[C@H]6O[C@@H]6O[C@@H](C)[C@H](O)[C@@H](O)[C@H]6O)CC[C@]5(C)[C@H]4CC[C@]3(C)[C@H]1[C@@H]2C. The van der Waals surface area contributed by atoms with Gasteiger partial charge in [-0.15, -0.1) is 0 Å². The monoisotopic (exact) mass is 883 g/mol. The van der Waals surface area contributed by atoms with Crippen LogP contribution in [0.2, 0.25) is 0 Å². The van der Waals surface area contributed by atoms with E-state index in [4.69, 9.17) is 33.2 Å². The lowest BCUT2D eigenvalue weighted by molar-refractivity contribution is -0.394. The fraction of sp³-hybridized carbons (Fsp3) is 0.956. The highest BCUT2D eigenvalue weighted by molar-refractivity contribution is 5.26. The van der Waals surface area contributed by atoms with E-state index in [2.05, 4.69) is 39.1 Å². The first-order valence-corrected chi connectivity index (χ1v) is 23.5. The molecule has 0 aromatic rings. The predicted octanol–water partition coefficient (Wildman–Crippen LogP) is -0.213. The summed E-state index contributed by atoms with van der Waals surface area (Å²) in [5.41, 5.74) is 1.32. The van der Waals surface area contributed by atoms with Gasteiger partial charge in [0.15, 0.2) is 18.9 Å². The first-order chi connectivity index (χ1) is 29.4. The Morgan fingerprint density at radius 3 is 2.05 bits per heavy atom. The largest absolute Gasteiger partial charge is 0.394 e. The number of aliphatic hydroxyl groups excluding tert-OH is 9. The Morgan fingerprint density at radius 2 is 1.35 bits per heavy atom. The number of rotatable bonds is 8. The number of aliphatic hydroxyl groups is 9. The average Bonchev–Trinajstić information content (AvgIpc) is 3.70. The van der Waals surface area contributed by atoms with Crippen LogP contribution in [0.25, 0.3) is 0 Å². The Hall–Kier alpha value is -0.940. The fourth-order valence-corrected chi connectivity index (χ4v) is 14.2. The maximum Gasteiger partial charge on any atom is 0.187 e. The smallest absolute Gasteiger partial charge is 0.187 e. The van der Waals surface area contributed by atoms with Crippen LogP contribution in [0, 0.1) is 46.3 Å². The summed E-state index contributed by atoms with van der Waals surface area (Å²) in [6, 6.07) is 0. The maximum atomic E-state index is 11.6. The molecule has 5 saturated heterocycles. The van der Waals surface area contributed by atoms with E-state index < -0.39 is 111 Å². The summed E-state index contributed by atoms with van der Waals surface area (Å²) in [7, 11) is 0. The summed E-state index contributed by atoms with van der Waals surface area (Å²) in [6.07, 6.45) is -11.9. The molecule has 5 aliphatic heterocycles. The van der Waals surface area contributed by atoms with Gasteiger partial charge in [0.2, 0.25) is 0 Å². The number of hydrogen-bond acceptors (Lipinski definition) is 17. The Morgan fingerprint density at radius 1 is 0.694 bits per heavy atom. The zero-order chi connectivity index (χ0) is 44.2. The van der Waals surface area contributed by atoms with Crippen molar-refractivity contribution in [2.45, 2.75) is 202 Å².